The quantitative estimate of drug-likeness (QED) is 0.789. The molecule has 2 N–H and O–H groups in total. The van der Waals surface area contributed by atoms with E-state index < -0.39 is 0 Å². The van der Waals surface area contributed by atoms with Gasteiger partial charge in [0.25, 0.3) is 0 Å². The van der Waals surface area contributed by atoms with Crippen LogP contribution in [-0.2, 0) is 11.3 Å². The Bertz CT molecular complexity index is 412. The van der Waals surface area contributed by atoms with Crippen LogP contribution in [0.5, 0.6) is 0 Å². The highest BCUT2D eigenvalue weighted by atomic mass is 35.5. The third-order valence-corrected chi connectivity index (χ3v) is 3.19. The smallest absolute Gasteiger partial charge is 0.410 e. The maximum Gasteiger partial charge on any atom is 0.410 e. The number of benzene rings is 1. The van der Waals surface area contributed by atoms with Crippen molar-refractivity contribution < 1.29 is 9.53 Å². The molecule has 1 rings (SSSR count). The Morgan fingerprint density at radius 2 is 1.91 bits per heavy atom. The second-order valence-electron chi connectivity index (χ2n) is 5.88. The van der Waals surface area contributed by atoms with E-state index in [0.29, 0.717) is 25.6 Å². The molecule has 0 bridgehead atoms. The molecule has 0 saturated carbocycles. The highest BCUT2D eigenvalue weighted by Gasteiger charge is 2.18. The van der Waals surface area contributed by atoms with Gasteiger partial charge in [-0.1, -0.05) is 51.1 Å². The number of amides is 1. The van der Waals surface area contributed by atoms with Crippen molar-refractivity contribution in [2.45, 2.75) is 46.3 Å². The molecule has 0 heterocycles. The predicted octanol–water partition coefficient (Wildman–Crippen LogP) is 3.83. The van der Waals surface area contributed by atoms with E-state index in [9.17, 15) is 4.79 Å². The first-order chi connectivity index (χ1) is 10.0. The van der Waals surface area contributed by atoms with Gasteiger partial charge in [0.1, 0.15) is 6.61 Å². The first kappa shape index (κ1) is 20.7. The molecular formula is C17H29ClN2O2. The Labute approximate surface area is 140 Å². The van der Waals surface area contributed by atoms with Crippen molar-refractivity contribution in [1.29, 1.82) is 0 Å². The topological polar surface area (TPSA) is 55.6 Å². The summed E-state index contributed by atoms with van der Waals surface area (Å²) in [5, 5.41) is 0. The Morgan fingerprint density at radius 3 is 2.45 bits per heavy atom. The summed E-state index contributed by atoms with van der Waals surface area (Å²) in [5.41, 5.74) is 7.10. The van der Waals surface area contributed by atoms with Gasteiger partial charge >= 0.3 is 6.09 Å². The van der Waals surface area contributed by atoms with E-state index in [0.717, 1.165) is 18.4 Å². The zero-order valence-electron chi connectivity index (χ0n) is 13.8. The van der Waals surface area contributed by atoms with Crippen LogP contribution in [0.15, 0.2) is 30.3 Å². The molecule has 5 heteroatoms. The van der Waals surface area contributed by atoms with Crippen LogP contribution < -0.4 is 5.73 Å². The van der Waals surface area contributed by atoms with Crippen molar-refractivity contribution >= 4 is 18.5 Å². The largest absolute Gasteiger partial charge is 0.445 e. The van der Waals surface area contributed by atoms with Gasteiger partial charge in [-0.15, -0.1) is 12.4 Å². The fraction of sp³-hybridized carbons (Fsp3) is 0.588. The maximum atomic E-state index is 12.2. The third-order valence-electron chi connectivity index (χ3n) is 3.19. The number of nitrogens with zero attached hydrogens (tertiary/aromatic N) is 1. The van der Waals surface area contributed by atoms with Gasteiger partial charge in [-0.25, -0.2) is 4.79 Å². The lowest BCUT2D eigenvalue weighted by Gasteiger charge is -2.25. The van der Waals surface area contributed by atoms with Gasteiger partial charge in [-0.05, 0) is 24.3 Å². The van der Waals surface area contributed by atoms with Gasteiger partial charge in [0, 0.05) is 19.1 Å². The standard InChI is InChI=1S/C17H28N2O2.ClH/c1-4-10-19(12-16(18)11-14(2)3)17(20)21-13-15-8-6-5-7-9-15;/h5-9,14,16H,4,10-13,18H2,1-3H3;1H/t16-;/m0./s1. The van der Waals surface area contributed by atoms with Crippen LogP contribution in [0.1, 0.15) is 39.2 Å². The van der Waals surface area contributed by atoms with Gasteiger partial charge in [0.05, 0.1) is 0 Å². The van der Waals surface area contributed by atoms with Crippen LogP contribution >= 0.6 is 12.4 Å². The summed E-state index contributed by atoms with van der Waals surface area (Å²) in [4.78, 5) is 13.9. The number of hydrogen-bond donors (Lipinski definition) is 1. The van der Waals surface area contributed by atoms with Gasteiger partial charge in [-0.3, -0.25) is 0 Å². The van der Waals surface area contributed by atoms with E-state index in [1.54, 1.807) is 4.90 Å². The average Bonchev–Trinajstić information content (AvgIpc) is 2.44. The third kappa shape index (κ3) is 8.25. The van der Waals surface area contributed by atoms with Crippen LogP contribution in [0.25, 0.3) is 0 Å². The molecule has 1 amide bonds. The number of halogens is 1. The minimum atomic E-state index is -0.278. The molecule has 22 heavy (non-hydrogen) atoms. The highest BCUT2D eigenvalue weighted by Crippen LogP contribution is 2.08. The second kappa shape index (κ2) is 11.3. The number of hydrogen-bond acceptors (Lipinski definition) is 3. The van der Waals surface area contributed by atoms with Crippen LogP contribution in [0.3, 0.4) is 0 Å². The van der Waals surface area contributed by atoms with E-state index >= 15 is 0 Å². The molecule has 0 aliphatic heterocycles. The van der Waals surface area contributed by atoms with E-state index in [1.807, 2.05) is 37.3 Å². The molecule has 4 nitrogen and oxygen atoms in total. The average molecular weight is 329 g/mol. The van der Waals surface area contributed by atoms with Crippen molar-refractivity contribution in [3.8, 4) is 0 Å². The lowest BCUT2D eigenvalue weighted by Crippen LogP contribution is -2.42. The molecule has 0 spiro atoms. The molecule has 0 saturated heterocycles. The highest BCUT2D eigenvalue weighted by molar-refractivity contribution is 5.85. The number of nitrogens with two attached hydrogens (primary N) is 1. The molecular weight excluding hydrogens is 300 g/mol. The van der Waals surface area contributed by atoms with E-state index in [2.05, 4.69) is 13.8 Å². The minimum absolute atomic E-state index is 0. The van der Waals surface area contributed by atoms with Crippen LogP contribution in [0.2, 0.25) is 0 Å². The van der Waals surface area contributed by atoms with E-state index in [4.69, 9.17) is 10.5 Å². The molecule has 1 atom stereocenters. The number of carbonyl (C=O) groups excluding carboxylic acids is 1. The Hall–Kier alpha value is -1.26. The molecule has 0 radical (unpaired) electrons. The molecule has 0 aliphatic rings. The summed E-state index contributed by atoms with van der Waals surface area (Å²) in [6, 6.07) is 9.71. The fourth-order valence-electron chi connectivity index (χ4n) is 2.30. The zero-order valence-corrected chi connectivity index (χ0v) is 14.6. The van der Waals surface area contributed by atoms with Gasteiger partial charge in [-0.2, -0.15) is 0 Å². The van der Waals surface area contributed by atoms with Crippen LogP contribution in [0.4, 0.5) is 4.79 Å². The van der Waals surface area contributed by atoms with E-state index in [-0.39, 0.29) is 24.5 Å². The summed E-state index contributed by atoms with van der Waals surface area (Å²) >= 11 is 0. The summed E-state index contributed by atoms with van der Waals surface area (Å²) in [6.45, 7) is 7.86. The lowest BCUT2D eigenvalue weighted by atomic mass is 10.0. The Balaban J connectivity index is 0.00000441. The maximum absolute atomic E-state index is 12.2. The summed E-state index contributed by atoms with van der Waals surface area (Å²) in [5.74, 6) is 0.531. The first-order valence-electron chi connectivity index (χ1n) is 7.74. The van der Waals surface area contributed by atoms with Gasteiger partial charge < -0.3 is 15.4 Å². The molecule has 0 unspecified atom stereocenters. The van der Waals surface area contributed by atoms with Crippen molar-refractivity contribution in [2.75, 3.05) is 13.1 Å². The summed E-state index contributed by atoms with van der Waals surface area (Å²) in [7, 11) is 0. The molecule has 1 aromatic rings. The van der Waals surface area contributed by atoms with Gasteiger partial charge in [0.15, 0.2) is 0 Å². The van der Waals surface area contributed by atoms with Gasteiger partial charge in [0.2, 0.25) is 0 Å². The summed E-state index contributed by atoms with van der Waals surface area (Å²) in [6.07, 6.45) is 1.53. The van der Waals surface area contributed by atoms with E-state index in [1.165, 1.54) is 0 Å². The lowest BCUT2D eigenvalue weighted by molar-refractivity contribution is 0.0930. The number of rotatable bonds is 8. The normalized spacial score (nSPS) is 11.7. The monoisotopic (exact) mass is 328 g/mol. The number of ether oxygens (including phenoxy) is 1. The van der Waals surface area contributed by atoms with Crippen molar-refractivity contribution in [3.63, 3.8) is 0 Å². The minimum Gasteiger partial charge on any atom is -0.445 e. The Kier molecular flexibility index (Phi) is 10.7. The van der Waals surface area contributed by atoms with Crippen LogP contribution in [-0.4, -0.2) is 30.1 Å². The second-order valence-corrected chi connectivity index (χ2v) is 5.88. The summed E-state index contributed by atoms with van der Waals surface area (Å²) < 4.78 is 5.38. The molecule has 0 aliphatic carbocycles. The fourth-order valence-corrected chi connectivity index (χ4v) is 2.30. The van der Waals surface area contributed by atoms with Crippen LogP contribution in [0, 0.1) is 5.92 Å². The van der Waals surface area contributed by atoms with Crippen molar-refractivity contribution in [2.24, 2.45) is 11.7 Å². The predicted molar refractivity (Wildman–Crippen MR) is 93.2 cm³/mol. The molecule has 0 aromatic heterocycles. The number of carbonyl (C=O) groups is 1. The first-order valence-corrected chi connectivity index (χ1v) is 7.74. The van der Waals surface area contributed by atoms with Crippen molar-refractivity contribution in [3.05, 3.63) is 35.9 Å². The zero-order chi connectivity index (χ0) is 15.7. The Morgan fingerprint density at radius 1 is 1.27 bits per heavy atom. The SMILES string of the molecule is CCCN(C[C@@H](N)CC(C)C)C(=O)OCc1ccccc1.Cl. The molecule has 1 aromatic carbocycles. The molecule has 0 fully saturated rings. The molecule has 126 valence electrons. The van der Waals surface area contributed by atoms with Crippen molar-refractivity contribution in [1.82, 2.24) is 4.90 Å².